The highest BCUT2D eigenvalue weighted by Gasteiger charge is 2.12. The molecule has 2 heterocycles. The largest absolute Gasteiger partial charge is 0.326 e. The van der Waals surface area contributed by atoms with E-state index in [4.69, 9.17) is 4.98 Å². The Hall–Kier alpha value is -3.92. The quantitative estimate of drug-likeness (QED) is 0.401. The number of carbonyl (C=O) groups is 1. The zero-order chi connectivity index (χ0) is 21.4. The third-order valence-corrected chi connectivity index (χ3v) is 5.72. The maximum Gasteiger partial charge on any atom is 0.228 e. The SMILES string of the molecule is Cc1ccc(-c2cn3cccc(C)c3n2)cc1NC(=O)Cc1cccc2ccccc12. The van der Waals surface area contributed by atoms with Gasteiger partial charge in [0, 0.05) is 23.6 Å². The van der Waals surface area contributed by atoms with Crippen molar-refractivity contribution in [2.75, 3.05) is 5.32 Å². The maximum atomic E-state index is 12.9. The number of aromatic nitrogens is 2. The highest BCUT2D eigenvalue weighted by Crippen LogP contribution is 2.26. The number of benzene rings is 3. The first-order valence-electron chi connectivity index (χ1n) is 10.4. The summed E-state index contributed by atoms with van der Waals surface area (Å²) in [6.07, 6.45) is 4.35. The van der Waals surface area contributed by atoms with Gasteiger partial charge in [0.25, 0.3) is 0 Å². The molecule has 1 amide bonds. The van der Waals surface area contributed by atoms with Crippen molar-refractivity contribution in [2.24, 2.45) is 0 Å². The highest BCUT2D eigenvalue weighted by atomic mass is 16.1. The van der Waals surface area contributed by atoms with E-state index in [0.29, 0.717) is 6.42 Å². The Balaban J connectivity index is 1.42. The molecule has 0 aliphatic rings. The number of pyridine rings is 1. The molecule has 5 aromatic rings. The molecule has 0 saturated carbocycles. The van der Waals surface area contributed by atoms with Crippen molar-refractivity contribution in [2.45, 2.75) is 20.3 Å². The first-order valence-corrected chi connectivity index (χ1v) is 10.4. The monoisotopic (exact) mass is 405 g/mol. The molecular weight excluding hydrogens is 382 g/mol. The molecule has 0 atom stereocenters. The number of nitrogens with zero attached hydrogens (tertiary/aromatic N) is 2. The third-order valence-electron chi connectivity index (χ3n) is 5.72. The molecule has 3 aromatic carbocycles. The zero-order valence-electron chi connectivity index (χ0n) is 17.6. The summed E-state index contributed by atoms with van der Waals surface area (Å²) < 4.78 is 2.03. The fourth-order valence-electron chi connectivity index (χ4n) is 4.02. The van der Waals surface area contributed by atoms with E-state index in [2.05, 4.69) is 36.5 Å². The molecule has 0 unspecified atom stereocenters. The van der Waals surface area contributed by atoms with Crippen LogP contribution in [-0.4, -0.2) is 15.3 Å². The van der Waals surface area contributed by atoms with Crippen molar-refractivity contribution in [3.63, 3.8) is 0 Å². The molecule has 0 radical (unpaired) electrons. The van der Waals surface area contributed by atoms with Crippen LogP contribution in [0.15, 0.2) is 85.2 Å². The van der Waals surface area contributed by atoms with Crippen molar-refractivity contribution in [3.05, 3.63) is 102 Å². The lowest BCUT2D eigenvalue weighted by Crippen LogP contribution is -2.15. The molecule has 0 fully saturated rings. The first-order chi connectivity index (χ1) is 15.1. The Morgan fingerprint density at radius 3 is 2.65 bits per heavy atom. The number of fused-ring (bicyclic) bond motifs is 2. The van der Waals surface area contributed by atoms with Gasteiger partial charge in [0.05, 0.1) is 12.1 Å². The van der Waals surface area contributed by atoms with E-state index in [-0.39, 0.29) is 5.91 Å². The molecule has 152 valence electrons. The molecule has 0 spiro atoms. The van der Waals surface area contributed by atoms with Gasteiger partial charge in [-0.2, -0.15) is 0 Å². The summed E-state index contributed by atoms with van der Waals surface area (Å²) in [5, 5.41) is 5.37. The molecular formula is C27H23N3O. The van der Waals surface area contributed by atoms with Crippen LogP contribution in [0.5, 0.6) is 0 Å². The van der Waals surface area contributed by atoms with Gasteiger partial charge in [-0.25, -0.2) is 4.98 Å². The van der Waals surface area contributed by atoms with Crippen LogP contribution in [0.2, 0.25) is 0 Å². The number of hydrogen-bond acceptors (Lipinski definition) is 2. The number of carbonyl (C=O) groups excluding carboxylic acids is 1. The average molecular weight is 406 g/mol. The molecule has 0 aliphatic heterocycles. The van der Waals surface area contributed by atoms with E-state index in [1.54, 1.807) is 0 Å². The van der Waals surface area contributed by atoms with Gasteiger partial charge in [-0.05, 0) is 53.4 Å². The van der Waals surface area contributed by atoms with Crippen LogP contribution >= 0.6 is 0 Å². The highest BCUT2D eigenvalue weighted by molar-refractivity contribution is 5.97. The summed E-state index contributed by atoms with van der Waals surface area (Å²) in [6, 6.07) is 24.4. The lowest BCUT2D eigenvalue weighted by atomic mass is 10.0. The minimum Gasteiger partial charge on any atom is -0.326 e. The van der Waals surface area contributed by atoms with Gasteiger partial charge in [-0.1, -0.05) is 60.7 Å². The van der Waals surface area contributed by atoms with Crippen LogP contribution in [-0.2, 0) is 11.2 Å². The molecule has 1 N–H and O–H groups in total. The summed E-state index contributed by atoms with van der Waals surface area (Å²) >= 11 is 0. The van der Waals surface area contributed by atoms with Crippen LogP contribution in [0.1, 0.15) is 16.7 Å². The van der Waals surface area contributed by atoms with E-state index >= 15 is 0 Å². The van der Waals surface area contributed by atoms with Gasteiger partial charge in [-0.15, -0.1) is 0 Å². The summed E-state index contributed by atoms with van der Waals surface area (Å²) in [7, 11) is 0. The summed E-state index contributed by atoms with van der Waals surface area (Å²) in [6.45, 7) is 4.06. The maximum absolute atomic E-state index is 12.9. The van der Waals surface area contributed by atoms with Crippen molar-refractivity contribution in [1.82, 2.24) is 9.38 Å². The zero-order valence-corrected chi connectivity index (χ0v) is 17.6. The van der Waals surface area contributed by atoms with Gasteiger partial charge < -0.3 is 9.72 Å². The Labute approximate surface area is 181 Å². The second-order valence-corrected chi connectivity index (χ2v) is 7.94. The van der Waals surface area contributed by atoms with Gasteiger partial charge in [0.15, 0.2) is 0 Å². The predicted molar refractivity (Wildman–Crippen MR) is 126 cm³/mol. The van der Waals surface area contributed by atoms with Crippen LogP contribution in [0.4, 0.5) is 5.69 Å². The standard InChI is InChI=1S/C27H23N3O/c1-18-12-13-22(25-17-30-14-6-7-19(2)27(30)29-25)15-24(18)28-26(31)16-21-10-5-9-20-8-3-4-11-23(20)21/h3-15,17H,16H2,1-2H3,(H,28,31). The predicted octanol–water partition coefficient (Wildman–Crippen LogP) is 5.95. The molecule has 31 heavy (non-hydrogen) atoms. The fraction of sp³-hybridized carbons (Fsp3) is 0.111. The molecule has 5 rings (SSSR count). The van der Waals surface area contributed by atoms with Crippen molar-refractivity contribution >= 4 is 28.0 Å². The summed E-state index contributed by atoms with van der Waals surface area (Å²) in [4.78, 5) is 17.7. The van der Waals surface area contributed by atoms with Gasteiger partial charge in [-0.3, -0.25) is 4.79 Å². The minimum absolute atomic E-state index is 0.0255. The third kappa shape index (κ3) is 3.68. The van der Waals surface area contributed by atoms with Crippen LogP contribution < -0.4 is 5.32 Å². The molecule has 0 aliphatic carbocycles. The van der Waals surface area contributed by atoms with Crippen molar-refractivity contribution in [3.8, 4) is 11.3 Å². The second kappa shape index (κ2) is 7.73. The molecule has 0 bridgehead atoms. The van der Waals surface area contributed by atoms with Crippen LogP contribution in [0, 0.1) is 13.8 Å². The molecule has 0 saturated heterocycles. The number of rotatable bonds is 4. The average Bonchev–Trinajstić information content (AvgIpc) is 3.21. The Morgan fingerprint density at radius 2 is 1.77 bits per heavy atom. The van der Waals surface area contributed by atoms with E-state index in [1.807, 2.05) is 72.2 Å². The lowest BCUT2D eigenvalue weighted by Gasteiger charge is -2.11. The number of nitrogens with one attached hydrogen (secondary N) is 1. The van der Waals surface area contributed by atoms with E-state index in [0.717, 1.165) is 50.1 Å². The molecule has 4 nitrogen and oxygen atoms in total. The van der Waals surface area contributed by atoms with Crippen LogP contribution in [0.25, 0.3) is 27.7 Å². The number of hydrogen-bond donors (Lipinski definition) is 1. The minimum atomic E-state index is -0.0255. The number of amides is 1. The first kappa shape index (κ1) is 19.1. The Kier molecular flexibility index (Phi) is 4.75. The normalized spacial score (nSPS) is 11.2. The van der Waals surface area contributed by atoms with Gasteiger partial charge >= 0.3 is 0 Å². The van der Waals surface area contributed by atoms with Crippen LogP contribution in [0.3, 0.4) is 0 Å². The summed E-state index contributed by atoms with van der Waals surface area (Å²) in [5.41, 5.74) is 6.81. The van der Waals surface area contributed by atoms with Gasteiger partial charge in [0.1, 0.15) is 5.65 Å². The van der Waals surface area contributed by atoms with Gasteiger partial charge in [0.2, 0.25) is 5.91 Å². The van der Waals surface area contributed by atoms with Crippen molar-refractivity contribution in [1.29, 1.82) is 0 Å². The van der Waals surface area contributed by atoms with E-state index in [9.17, 15) is 4.79 Å². The van der Waals surface area contributed by atoms with E-state index < -0.39 is 0 Å². The fourth-order valence-corrected chi connectivity index (χ4v) is 4.02. The number of anilines is 1. The number of imidazole rings is 1. The second-order valence-electron chi connectivity index (χ2n) is 7.94. The lowest BCUT2D eigenvalue weighted by molar-refractivity contribution is -0.115. The van der Waals surface area contributed by atoms with Crippen molar-refractivity contribution < 1.29 is 4.79 Å². The Bertz CT molecular complexity index is 1430. The summed E-state index contributed by atoms with van der Waals surface area (Å²) in [5.74, 6) is -0.0255. The molecule has 4 heteroatoms. The van der Waals surface area contributed by atoms with E-state index in [1.165, 1.54) is 0 Å². The Morgan fingerprint density at radius 1 is 0.935 bits per heavy atom. The topological polar surface area (TPSA) is 46.4 Å². The smallest absolute Gasteiger partial charge is 0.228 e. The number of aryl methyl sites for hydroxylation is 2. The molecule has 2 aromatic heterocycles.